The van der Waals surface area contributed by atoms with E-state index in [1.54, 1.807) is 0 Å². The Morgan fingerprint density at radius 2 is 2.08 bits per heavy atom. The Bertz CT molecular complexity index is 588. The van der Waals surface area contributed by atoms with Crippen molar-refractivity contribution in [1.82, 2.24) is 10.2 Å². The Labute approximate surface area is 161 Å². The molecule has 3 atom stereocenters. The van der Waals surface area contributed by atoms with Gasteiger partial charge in [0.15, 0.2) is 5.96 Å². The summed E-state index contributed by atoms with van der Waals surface area (Å²) < 4.78 is 5.36. The molecule has 0 bridgehead atoms. The Hall–Kier alpha value is -0.860. The molecule has 132 valence electrons. The third kappa shape index (κ3) is 3.86. The van der Waals surface area contributed by atoms with Crippen molar-refractivity contribution in [1.29, 1.82) is 0 Å². The number of nitrogens with two attached hydrogens (primary N) is 1. The van der Waals surface area contributed by atoms with Crippen LogP contribution in [0.4, 0.5) is 0 Å². The summed E-state index contributed by atoms with van der Waals surface area (Å²) >= 11 is 0. The standard InChI is InChI=1S/C18H26N4O.HI/c19-18(20-6-3-7-22-8-10-23-11-9-22)21-17-15-12-13-4-1-2-5-14(13)16(15)17;/h1-2,4-5,15-17H,3,6-12H2,(H3,19,20,21);1H. The first-order valence-corrected chi connectivity index (χ1v) is 8.77. The monoisotopic (exact) mass is 442 g/mol. The molecule has 0 radical (unpaired) electrons. The average molecular weight is 442 g/mol. The van der Waals surface area contributed by atoms with Crippen LogP contribution in [0.2, 0.25) is 0 Å². The van der Waals surface area contributed by atoms with Crippen LogP contribution in [0, 0.1) is 5.92 Å². The van der Waals surface area contributed by atoms with Crippen molar-refractivity contribution in [2.75, 3.05) is 39.4 Å². The minimum absolute atomic E-state index is 0. The molecule has 5 nitrogen and oxygen atoms in total. The number of halogens is 1. The van der Waals surface area contributed by atoms with Gasteiger partial charge in [-0.05, 0) is 29.9 Å². The van der Waals surface area contributed by atoms with Gasteiger partial charge in [0, 0.05) is 38.1 Å². The molecule has 1 heterocycles. The molecule has 3 unspecified atom stereocenters. The number of fused-ring (bicyclic) bond motifs is 3. The van der Waals surface area contributed by atoms with Crippen molar-refractivity contribution in [2.45, 2.75) is 24.8 Å². The van der Waals surface area contributed by atoms with Crippen LogP contribution in [0.1, 0.15) is 23.5 Å². The molecule has 1 aromatic rings. The maximum Gasteiger partial charge on any atom is 0.188 e. The molecule has 2 aliphatic carbocycles. The summed E-state index contributed by atoms with van der Waals surface area (Å²) in [4.78, 5) is 6.93. The molecule has 1 aromatic carbocycles. The first-order valence-electron chi connectivity index (χ1n) is 8.77. The van der Waals surface area contributed by atoms with Crippen LogP contribution in [0.5, 0.6) is 0 Å². The summed E-state index contributed by atoms with van der Waals surface area (Å²) in [7, 11) is 0. The summed E-state index contributed by atoms with van der Waals surface area (Å²) in [5.41, 5.74) is 9.09. The molecule has 1 saturated heterocycles. The van der Waals surface area contributed by atoms with Crippen molar-refractivity contribution < 1.29 is 4.74 Å². The Morgan fingerprint density at radius 3 is 2.92 bits per heavy atom. The first-order chi connectivity index (χ1) is 11.3. The quantitative estimate of drug-likeness (QED) is 0.315. The molecular formula is C18H27IN4O. The Balaban J connectivity index is 0.00000169. The lowest BCUT2D eigenvalue weighted by Crippen LogP contribution is -2.37. The lowest BCUT2D eigenvalue weighted by atomic mass is 10.1. The molecule has 0 aromatic heterocycles. The van der Waals surface area contributed by atoms with E-state index >= 15 is 0 Å². The predicted molar refractivity (Wildman–Crippen MR) is 107 cm³/mol. The van der Waals surface area contributed by atoms with Gasteiger partial charge in [-0.1, -0.05) is 24.3 Å². The number of hydrogen-bond acceptors (Lipinski definition) is 3. The smallest absolute Gasteiger partial charge is 0.188 e. The number of rotatable bonds is 5. The molecule has 24 heavy (non-hydrogen) atoms. The molecule has 3 aliphatic rings. The van der Waals surface area contributed by atoms with E-state index in [0.717, 1.165) is 51.7 Å². The fourth-order valence-corrected chi connectivity index (χ4v) is 4.08. The highest BCUT2D eigenvalue weighted by molar-refractivity contribution is 14.0. The van der Waals surface area contributed by atoms with Crippen LogP contribution >= 0.6 is 24.0 Å². The zero-order chi connectivity index (χ0) is 15.6. The van der Waals surface area contributed by atoms with Gasteiger partial charge in [-0.3, -0.25) is 9.89 Å². The van der Waals surface area contributed by atoms with Gasteiger partial charge in [-0.15, -0.1) is 24.0 Å². The minimum Gasteiger partial charge on any atom is -0.379 e. The fraction of sp³-hybridized carbons (Fsp3) is 0.611. The van der Waals surface area contributed by atoms with Crippen molar-refractivity contribution in [3.8, 4) is 0 Å². The fourth-order valence-electron chi connectivity index (χ4n) is 4.08. The van der Waals surface area contributed by atoms with Crippen LogP contribution in [0.25, 0.3) is 0 Å². The second kappa shape index (κ2) is 8.01. The molecule has 3 N–H and O–H groups in total. The average Bonchev–Trinajstić information content (AvgIpc) is 3.09. The van der Waals surface area contributed by atoms with E-state index in [0.29, 0.717) is 17.9 Å². The number of morpholine rings is 1. The zero-order valence-electron chi connectivity index (χ0n) is 14.0. The van der Waals surface area contributed by atoms with Crippen molar-refractivity contribution in [3.05, 3.63) is 35.4 Å². The highest BCUT2D eigenvalue weighted by Crippen LogP contribution is 2.56. The van der Waals surface area contributed by atoms with E-state index in [2.05, 4.69) is 39.5 Å². The molecule has 6 heteroatoms. The zero-order valence-corrected chi connectivity index (χ0v) is 16.3. The summed E-state index contributed by atoms with van der Waals surface area (Å²) in [6.07, 6.45) is 2.24. The van der Waals surface area contributed by atoms with Gasteiger partial charge < -0.3 is 15.8 Å². The van der Waals surface area contributed by atoms with Gasteiger partial charge in [0.25, 0.3) is 0 Å². The van der Waals surface area contributed by atoms with Crippen LogP contribution in [0.15, 0.2) is 29.3 Å². The van der Waals surface area contributed by atoms with E-state index in [1.807, 2.05) is 0 Å². The van der Waals surface area contributed by atoms with E-state index in [4.69, 9.17) is 10.5 Å². The van der Waals surface area contributed by atoms with Crippen molar-refractivity contribution >= 4 is 29.9 Å². The Kier molecular flexibility index (Phi) is 5.99. The summed E-state index contributed by atoms with van der Waals surface area (Å²) in [6.45, 7) is 5.69. The first kappa shape index (κ1) is 17.9. The number of ether oxygens (including phenoxy) is 1. The second-order valence-electron chi connectivity index (χ2n) is 6.84. The van der Waals surface area contributed by atoms with Gasteiger partial charge in [0.1, 0.15) is 0 Å². The largest absolute Gasteiger partial charge is 0.379 e. The SMILES string of the molecule is I.NC(=NCCCN1CCOCC1)NC1C2Cc3ccccc3C21. The molecule has 1 aliphatic heterocycles. The molecular weight excluding hydrogens is 415 g/mol. The third-order valence-corrected chi connectivity index (χ3v) is 5.37. The topological polar surface area (TPSA) is 62.9 Å². The highest BCUT2D eigenvalue weighted by atomic mass is 127. The molecule has 0 amide bonds. The summed E-state index contributed by atoms with van der Waals surface area (Å²) in [5, 5.41) is 3.43. The van der Waals surface area contributed by atoms with E-state index < -0.39 is 0 Å². The molecule has 4 rings (SSSR count). The number of benzene rings is 1. The molecule has 1 saturated carbocycles. The summed E-state index contributed by atoms with van der Waals surface area (Å²) in [6, 6.07) is 9.28. The number of nitrogens with one attached hydrogen (secondary N) is 1. The third-order valence-electron chi connectivity index (χ3n) is 5.37. The van der Waals surface area contributed by atoms with Gasteiger partial charge in [-0.2, -0.15) is 0 Å². The number of nitrogens with zero attached hydrogens (tertiary/aromatic N) is 2. The highest BCUT2D eigenvalue weighted by Gasteiger charge is 2.55. The van der Waals surface area contributed by atoms with Crippen molar-refractivity contribution in [3.63, 3.8) is 0 Å². The lowest BCUT2D eigenvalue weighted by molar-refractivity contribution is 0.0377. The van der Waals surface area contributed by atoms with Crippen LogP contribution in [-0.2, 0) is 11.2 Å². The van der Waals surface area contributed by atoms with E-state index in [1.165, 1.54) is 17.5 Å². The molecule has 2 fully saturated rings. The normalized spacial score (nSPS) is 28.7. The van der Waals surface area contributed by atoms with Gasteiger partial charge in [-0.25, -0.2) is 0 Å². The van der Waals surface area contributed by atoms with Crippen LogP contribution in [0.3, 0.4) is 0 Å². The number of aliphatic imine (C=N–C) groups is 1. The van der Waals surface area contributed by atoms with Crippen molar-refractivity contribution in [2.24, 2.45) is 16.6 Å². The molecule has 0 spiro atoms. The number of guanidine groups is 1. The maximum atomic E-state index is 6.06. The Morgan fingerprint density at radius 1 is 1.29 bits per heavy atom. The minimum atomic E-state index is 0. The van der Waals surface area contributed by atoms with Crippen LogP contribution < -0.4 is 11.1 Å². The van der Waals surface area contributed by atoms with E-state index in [-0.39, 0.29) is 24.0 Å². The maximum absolute atomic E-state index is 6.06. The number of hydrogen-bond donors (Lipinski definition) is 2. The second-order valence-corrected chi connectivity index (χ2v) is 6.84. The lowest BCUT2D eigenvalue weighted by Gasteiger charge is -2.26. The van der Waals surface area contributed by atoms with Gasteiger partial charge in [0.05, 0.1) is 13.2 Å². The summed E-state index contributed by atoms with van der Waals surface area (Å²) in [5.74, 6) is 1.98. The van der Waals surface area contributed by atoms with Gasteiger partial charge >= 0.3 is 0 Å². The van der Waals surface area contributed by atoms with E-state index in [9.17, 15) is 0 Å². The van der Waals surface area contributed by atoms with Crippen LogP contribution in [-0.4, -0.2) is 56.3 Å². The van der Waals surface area contributed by atoms with Gasteiger partial charge in [0.2, 0.25) is 0 Å². The predicted octanol–water partition coefficient (Wildman–Crippen LogP) is 1.57.